The quantitative estimate of drug-likeness (QED) is 0.738. The van der Waals surface area contributed by atoms with Crippen molar-refractivity contribution < 1.29 is 4.79 Å². The van der Waals surface area contributed by atoms with E-state index in [4.69, 9.17) is 0 Å². The van der Waals surface area contributed by atoms with Gasteiger partial charge in [-0.15, -0.1) is 11.3 Å². The molecule has 0 fully saturated rings. The minimum absolute atomic E-state index is 0.482. The lowest BCUT2D eigenvalue weighted by Crippen LogP contribution is -1.98. The minimum Gasteiger partial charge on any atom is -0.336 e. The van der Waals surface area contributed by atoms with Crippen molar-refractivity contribution in [1.82, 2.24) is 14.5 Å². The Hall–Kier alpha value is -1.49. The Bertz CT molecular complexity index is 461. The van der Waals surface area contributed by atoms with Gasteiger partial charge in [-0.05, 0) is 6.92 Å². The number of hydrogen-bond donors (Lipinski definition) is 0. The summed E-state index contributed by atoms with van der Waals surface area (Å²) in [5.41, 5.74) is 3.43. The largest absolute Gasteiger partial charge is 0.336 e. The second-order valence-corrected chi connectivity index (χ2v) is 4.20. The first-order chi connectivity index (χ1) is 7.29. The fourth-order valence-corrected chi connectivity index (χ4v) is 2.13. The van der Waals surface area contributed by atoms with Crippen molar-refractivity contribution in [2.75, 3.05) is 0 Å². The number of carbonyl (C=O) groups is 1. The molecule has 5 heteroatoms. The molecule has 0 N–H and O–H groups in total. The van der Waals surface area contributed by atoms with Crippen LogP contribution in [0.3, 0.4) is 0 Å². The first kappa shape index (κ1) is 10.0. The van der Waals surface area contributed by atoms with E-state index >= 15 is 0 Å². The number of aldehydes is 1. The third-order valence-corrected chi connectivity index (χ3v) is 3.21. The highest BCUT2D eigenvalue weighted by Gasteiger charge is 2.02. The lowest BCUT2D eigenvalue weighted by molar-refractivity contribution is 0.111. The fraction of sp³-hybridized carbons (Fsp3) is 0.300. The maximum Gasteiger partial charge on any atom is 0.169 e. The molecule has 0 saturated heterocycles. The monoisotopic (exact) mass is 221 g/mol. The van der Waals surface area contributed by atoms with E-state index in [1.165, 1.54) is 4.88 Å². The van der Waals surface area contributed by atoms with Crippen molar-refractivity contribution >= 4 is 17.6 Å². The van der Waals surface area contributed by atoms with Crippen LogP contribution in [0.5, 0.6) is 0 Å². The van der Waals surface area contributed by atoms with E-state index in [1.54, 1.807) is 23.9 Å². The molecule has 0 aliphatic rings. The summed E-state index contributed by atoms with van der Waals surface area (Å²) in [5.74, 6) is 0. The summed E-state index contributed by atoms with van der Waals surface area (Å²) in [6.45, 7) is 2.85. The third kappa shape index (κ3) is 2.30. The highest BCUT2D eigenvalue weighted by Crippen LogP contribution is 2.13. The van der Waals surface area contributed by atoms with Gasteiger partial charge in [-0.25, -0.2) is 9.97 Å². The average molecular weight is 221 g/mol. The molecule has 0 spiro atoms. The molecular formula is C10H11N3OS. The van der Waals surface area contributed by atoms with Gasteiger partial charge in [0.25, 0.3) is 0 Å². The molecule has 15 heavy (non-hydrogen) atoms. The Balaban J connectivity index is 1.99. The smallest absolute Gasteiger partial charge is 0.169 e. The number of carbonyl (C=O) groups excluding carboxylic acids is 1. The van der Waals surface area contributed by atoms with Gasteiger partial charge in [0.15, 0.2) is 6.29 Å². The lowest BCUT2D eigenvalue weighted by Gasteiger charge is -1.99. The summed E-state index contributed by atoms with van der Waals surface area (Å²) >= 11 is 1.67. The van der Waals surface area contributed by atoms with Crippen LogP contribution in [0.4, 0.5) is 0 Å². The standard InChI is InChI=1S/C10H11N3OS/c1-8-10(15-7-12-8)2-3-13-4-9(5-14)11-6-13/h4-7H,2-3H2,1H3. The van der Waals surface area contributed by atoms with Crippen LogP contribution in [0.25, 0.3) is 0 Å². The molecule has 0 radical (unpaired) electrons. The number of nitrogens with zero attached hydrogens (tertiary/aromatic N) is 3. The second-order valence-electron chi connectivity index (χ2n) is 3.27. The molecule has 78 valence electrons. The topological polar surface area (TPSA) is 47.8 Å². The number of rotatable bonds is 4. The number of thiazole rings is 1. The highest BCUT2D eigenvalue weighted by atomic mass is 32.1. The number of imidazole rings is 1. The molecule has 0 aromatic carbocycles. The summed E-state index contributed by atoms with van der Waals surface area (Å²) in [5, 5.41) is 0. The second kappa shape index (κ2) is 4.35. The lowest BCUT2D eigenvalue weighted by atomic mass is 10.3. The molecule has 2 rings (SSSR count). The Morgan fingerprint density at radius 1 is 1.53 bits per heavy atom. The van der Waals surface area contributed by atoms with Crippen LogP contribution in [0.2, 0.25) is 0 Å². The van der Waals surface area contributed by atoms with E-state index < -0.39 is 0 Å². The van der Waals surface area contributed by atoms with Gasteiger partial charge in [0.1, 0.15) is 5.69 Å². The van der Waals surface area contributed by atoms with Crippen molar-refractivity contribution in [3.05, 3.63) is 34.3 Å². The summed E-state index contributed by atoms with van der Waals surface area (Å²) in [7, 11) is 0. The summed E-state index contributed by atoms with van der Waals surface area (Å²) in [6.07, 6.45) is 5.13. The minimum atomic E-state index is 0.482. The molecule has 2 aromatic heterocycles. The van der Waals surface area contributed by atoms with Crippen LogP contribution >= 0.6 is 11.3 Å². The zero-order chi connectivity index (χ0) is 10.7. The fourth-order valence-electron chi connectivity index (χ4n) is 1.36. The number of hydrogen-bond acceptors (Lipinski definition) is 4. The van der Waals surface area contributed by atoms with E-state index in [-0.39, 0.29) is 0 Å². The maximum atomic E-state index is 10.4. The van der Waals surface area contributed by atoms with Gasteiger partial charge in [-0.2, -0.15) is 0 Å². The zero-order valence-corrected chi connectivity index (χ0v) is 9.20. The molecule has 4 nitrogen and oxygen atoms in total. The molecular weight excluding hydrogens is 210 g/mol. The van der Waals surface area contributed by atoms with Gasteiger partial charge in [0.2, 0.25) is 0 Å². The molecule has 0 bridgehead atoms. The van der Waals surface area contributed by atoms with Crippen molar-refractivity contribution in [2.45, 2.75) is 19.9 Å². The van der Waals surface area contributed by atoms with Gasteiger partial charge < -0.3 is 4.57 Å². The Morgan fingerprint density at radius 2 is 2.40 bits per heavy atom. The Labute approximate surface area is 91.6 Å². The van der Waals surface area contributed by atoms with Crippen LogP contribution < -0.4 is 0 Å². The predicted molar refractivity (Wildman–Crippen MR) is 58.2 cm³/mol. The zero-order valence-electron chi connectivity index (χ0n) is 8.38. The average Bonchev–Trinajstić information content (AvgIpc) is 2.84. The van der Waals surface area contributed by atoms with E-state index in [0.717, 1.165) is 24.9 Å². The van der Waals surface area contributed by atoms with E-state index in [1.807, 2.05) is 17.0 Å². The molecule has 0 aliphatic heterocycles. The van der Waals surface area contributed by atoms with E-state index in [0.29, 0.717) is 5.69 Å². The highest BCUT2D eigenvalue weighted by molar-refractivity contribution is 7.09. The molecule has 2 aromatic rings. The SMILES string of the molecule is Cc1ncsc1CCn1cnc(C=O)c1. The summed E-state index contributed by atoms with van der Waals surface area (Å²) in [4.78, 5) is 19.8. The summed E-state index contributed by atoms with van der Waals surface area (Å²) in [6, 6.07) is 0. The molecule has 0 atom stereocenters. The van der Waals surface area contributed by atoms with Crippen LogP contribution in [0, 0.1) is 6.92 Å². The van der Waals surface area contributed by atoms with Gasteiger partial charge in [0.05, 0.1) is 17.5 Å². The van der Waals surface area contributed by atoms with Crippen LogP contribution in [0.1, 0.15) is 21.1 Å². The van der Waals surface area contributed by atoms with Gasteiger partial charge in [0, 0.05) is 24.0 Å². The third-order valence-electron chi connectivity index (χ3n) is 2.22. The van der Waals surface area contributed by atoms with Crippen molar-refractivity contribution in [3.8, 4) is 0 Å². The van der Waals surface area contributed by atoms with E-state index in [2.05, 4.69) is 9.97 Å². The summed E-state index contributed by atoms with van der Waals surface area (Å²) < 4.78 is 1.92. The molecule has 0 saturated carbocycles. The van der Waals surface area contributed by atoms with Crippen molar-refractivity contribution in [2.24, 2.45) is 0 Å². The van der Waals surface area contributed by atoms with Crippen molar-refractivity contribution in [3.63, 3.8) is 0 Å². The van der Waals surface area contributed by atoms with Gasteiger partial charge in [-0.3, -0.25) is 4.79 Å². The van der Waals surface area contributed by atoms with Gasteiger partial charge in [-0.1, -0.05) is 0 Å². The van der Waals surface area contributed by atoms with E-state index in [9.17, 15) is 4.79 Å². The number of aromatic nitrogens is 3. The Morgan fingerprint density at radius 3 is 3.00 bits per heavy atom. The van der Waals surface area contributed by atoms with Crippen molar-refractivity contribution in [1.29, 1.82) is 0 Å². The van der Waals surface area contributed by atoms with Crippen LogP contribution in [-0.4, -0.2) is 20.8 Å². The molecule has 0 aliphatic carbocycles. The van der Waals surface area contributed by atoms with Gasteiger partial charge >= 0.3 is 0 Å². The Kier molecular flexibility index (Phi) is 2.91. The molecule has 2 heterocycles. The first-order valence-corrected chi connectivity index (χ1v) is 5.53. The number of aryl methyl sites for hydroxylation is 3. The molecule has 0 amide bonds. The first-order valence-electron chi connectivity index (χ1n) is 4.65. The predicted octanol–water partition coefficient (Wildman–Crippen LogP) is 1.70. The van der Waals surface area contributed by atoms with Crippen LogP contribution in [-0.2, 0) is 13.0 Å². The maximum absolute atomic E-state index is 10.4. The van der Waals surface area contributed by atoms with Crippen LogP contribution in [0.15, 0.2) is 18.0 Å². The normalized spacial score (nSPS) is 10.5. The molecule has 0 unspecified atom stereocenters.